The summed E-state index contributed by atoms with van der Waals surface area (Å²) in [5.74, 6) is 0. The predicted molar refractivity (Wildman–Crippen MR) is 0 cm³/mol. The van der Waals surface area contributed by atoms with Crippen molar-refractivity contribution >= 4 is 0 Å². The summed E-state index contributed by atoms with van der Waals surface area (Å²) in [5.41, 5.74) is 0. The molecule has 0 aliphatic rings. The largest absolute Gasteiger partial charge is 0 e. The van der Waals surface area contributed by atoms with Gasteiger partial charge in [-0.25, -0.2) is 0 Å². The van der Waals surface area contributed by atoms with Gasteiger partial charge in [0, 0.05) is 464 Å². The molecule has 0 heterocycles. The zero-order chi connectivity index (χ0) is 0. The molecule has 25 heteroatoms. The average molecular weight is 1270 g/mol. The van der Waals surface area contributed by atoms with Crippen LogP contribution in [0.4, 0.5) is 0 Å². The first-order valence-corrected chi connectivity index (χ1v) is 0. The summed E-state index contributed by atoms with van der Waals surface area (Å²) in [6.07, 6.45) is 0. The summed E-state index contributed by atoms with van der Waals surface area (Å²) in [6.45, 7) is 0. The van der Waals surface area contributed by atoms with Gasteiger partial charge in [0.1, 0.15) is 0 Å². The maximum atomic E-state index is 0. The fraction of sp³-hybridized carbons (Fsp3) is 0. The van der Waals surface area contributed by atoms with Crippen LogP contribution in [0.2, 0.25) is 0 Å². The normalized spacial score (nSPS) is 0. The maximum absolute atomic E-state index is 0. The summed E-state index contributed by atoms with van der Waals surface area (Å²) in [5, 5.41) is 0. The molecule has 25 heavy (non-hydrogen) atoms. The summed E-state index contributed by atoms with van der Waals surface area (Å²) in [4.78, 5) is 0. The second-order valence-corrected chi connectivity index (χ2v) is 0. The molecule has 0 spiro atoms. The fourth-order valence-electron chi connectivity index (χ4n) is 0. The van der Waals surface area contributed by atoms with Gasteiger partial charge in [-0.15, -0.1) is 0 Å². The molecule has 0 fully saturated rings. The van der Waals surface area contributed by atoms with Crippen molar-refractivity contribution in [3.63, 3.8) is 0 Å². The summed E-state index contributed by atoms with van der Waals surface area (Å²) < 4.78 is 0. The first kappa shape index (κ1) is 277. The fourth-order valence-corrected chi connectivity index (χ4v) is 0. The van der Waals surface area contributed by atoms with Gasteiger partial charge in [0.2, 0.25) is 0 Å². The molecular weight excluding hydrogens is 1270 g/mol. The molecule has 0 atom stereocenters. The molecule has 0 N–H and O–H groups in total. The van der Waals surface area contributed by atoms with Crippen LogP contribution in [-0.2, 0) is 464 Å². The van der Waals surface area contributed by atoms with Gasteiger partial charge in [0.15, 0.2) is 0 Å². The monoisotopic (exact) mass is 1270 g/mol. The Morgan fingerprint density at radius 1 is 0.0400 bits per heavy atom. The molecule has 0 aromatic carbocycles. The van der Waals surface area contributed by atoms with Crippen molar-refractivity contribution in [3.8, 4) is 0 Å². The van der Waals surface area contributed by atoms with Gasteiger partial charge in [-0.05, 0) is 0 Å². The van der Waals surface area contributed by atoms with Crippen molar-refractivity contribution in [1.82, 2.24) is 0 Å². The molecule has 0 amide bonds. The topological polar surface area (TPSA) is 0 Å². The Morgan fingerprint density at radius 3 is 0.0400 bits per heavy atom. The molecule has 0 nitrogen and oxygen atoms in total. The number of hydrogen-bond acceptors (Lipinski definition) is 0. The first-order chi connectivity index (χ1) is 0. The van der Waals surface area contributed by atoms with E-state index in [-0.39, 0.29) is 464 Å². The van der Waals surface area contributed by atoms with Gasteiger partial charge in [0.25, 0.3) is 0 Å². The molecule has 0 unspecified atom stereocenters. The van der Waals surface area contributed by atoms with Gasteiger partial charge in [0.05, 0.1) is 0 Å². The van der Waals surface area contributed by atoms with E-state index in [1.807, 2.05) is 0 Å². The van der Waals surface area contributed by atoms with E-state index >= 15 is 0 Å². The van der Waals surface area contributed by atoms with Crippen LogP contribution in [0.1, 0.15) is 0 Å². The van der Waals surface area contributed by atoms with Crippen LogP contribution in [0.25, 0.3) is 0 Å². The van der Waals surface area contributed by atoms with Crippen molar-refractivity contribution in [1.29, 1.82) is 0 Å². The van der Waals surface area contributed by atoms with Crippen molar-refractivity contribution in [2.24, 2.45) is 0 Å². The molecular formula is V25. The zero-order valence-corrected chi connectivity index (χ0v) is 46.1. The molecule has 0 aliphatic carbocycles. The van der Waals surface area contributed by atoms with E-state index in [2.05, 4.69) is 0 Å². The third kappa shape index (κ3) is 242. The standard InChI is InChI=1S/25V. The van der Waals surface area contributed by atoms with Crippen molar-refractivity contribution in [3.05, 3.63) is 0 Å². The molecule has 125 valence electrons. The average Bonchev–Trinajstić information content (AvgIpc) is 0. The Kier molecular flexibility index (Phi) is 2830. The first-order valence-electron chi connectivity index (χ1n) is 0. The second kappa shape index (κ2) is 256. The predicted octanol–water partition coefficient (Wildman–Crippen LogP) is -0.0625. The Morgan fingerprint density at radius 2 is 0.0400 bits per heavy atom. The van der Waals surface area contributed by atoms with Crippen LogP contribution >= 0.6 is 0 Å². The summed E-state index contributed by atoms with van der Waals surface area (Å²) in [7, 11) is 0. The van der Waals surface area contributed by atoms with E-state index < -0.39 is 0 Å². The molecule has 25 radical (unpaired) electrons. The Bertz CT molecular complexity index is 0. The van der Waals surface area contributed by atoms with Crippen LogP contribution in [0.15, 0.2) is 0 Å². The zero-order valence-electron chi connectivity index (χ0n) is 11.2. The van der Waals surface area contributed by atoms with Crippen molar-refractivity contribution in [2.75, 3.05) is 0 Å². The number of hydrogen-bond donors (Lipinski definition) is 0. The van der Waals surface area contributed by atoms with Crippen LogP contribution < -0.4 is 0 Å². The minimum Gasteiger partial charge on any atom is 0 e. The van der Waals surface area contributed by atoms with Crippen LogP contribution in [0, 0.1) is 0 Å². The smallest absolute Gasteiger partial charge is 0 e. The molecule has 0 saturated heterocycles. The van der Waals surface area contributed by atoms with Gasteiger partial charge in [-0.3, -0.25) is 0 Å². The van der Waals surface area contributed by atoms with Crippen LogP contribution in [0.5, 0.6) is 0 Å². The molecule has 0 aromatic heterocycles. The summed E-state index contributed by atoms with van der Waals surface area (Å²) >= 11 is 0. The van der Waals surface area contributed by atoms with E-state index in [0.717, 1.165) is 0 Å². The van der Waals surface area contributed by atoms with E-state index in [0.29, 0.717) is 0 Å². The van der Waals surface area contributed by atoms with Gasteiger partial charge in [-0.1, -0.05) is 0 Å². The van der Waals surface area contributed by atoms with E-state index in [9.17, 15) is 0 Å². The molecule has 0 saturated carbocycles. The SMILES string of the molecule is [V].[V].[V].[V].[V].[V].[V].[V].[V].[V].[V].[V].[V].[V].[V].[V].[V].[V].[V].[V].[V].[V].[V].[V].[V]. The van der Waals surface area contributed by atoms with Gasteiger partial charge in [-0.2, -0.15) is 0 Å². The number of rotatable bonds is 0. The van der Waals surface area contributed by atoms with Crippen LogP contribution in [0.3, 0.4) is 0 Å². The van der Waals surface area contributed by atoms with Crippen molar-refractivity contribution in [2.45, 2.75) is 0 Å². The van der Waals surface area contributed by atoms with Gasteiger partial charge < -0.3 is 0 Å². The minimum atomic E-state index is 0. The van der Waals surface area contributed by atoms with E-state index in [4.69, 9.17) is 0 Å². The molecule has 0 aromatic rings. The van der Waals surface area contributed by atoms with Gasteiger partial charge >= 0.3 is 0 Å². The Labute approximate surface area is 452 Å². The van der Waals surface area contributed by atoms with E-state index in [1.165, 1.54) is 0 Å². The molecule has 0 rings (SSSR count). The quantitative estimate of drug-likeness (QED) is 0.320. The van der Waals surface area contributed by atoms with E-state index in [1.54, 1.807) is 0 Å². The minimum absolute atomic E-state index is 0. The Hall–Kier alpha value is 14.6. The maximum Gasteiger partial charge on any atom is 0 e. The summed E-state index contributed by atoms with van der Waals surface area (Å²) in [6, 6.07) is 0. The molecule has 0 bridgehead atoms. The van der Waals surface area contributed by atoms with Crippen LogP contribution in [-0.4, -0.2) is 0 Å². The second-order valence-electron chi connectivity index (χ2n) is 0. The Balaban J connectivity index is 0. The van der Waals surface area contributed by atoms with Crippen molar-refractivity contribution < 1.29 is 464 Å². The molecule has 0 aliphatic heterocycles. The third-order valence-corrected chi connectivity index (χ3v) is 0. The third-order valence-electron chi connectivity index (χ3n) is 0.